The van der Waals surface area contributed by atoms with Gasteiger partial charge in [0.15, 0.2) is 0 Å². The maximum Gasteiger partial charge on any atom is 0.0831 e. The van der Waals surface area contributed by atoms with Crippen LogP contribution in [-0.2, 0) is 0 Å². The minimum atomic E-state index is 0.429. The summed E-state index contributed by atoms with van der Waals surface area (Å²) in [5.74, 6) is 2.41. The van der Waals surface area contributed by atoms with Gasteiger partial charge in [0.1, 0.15) is 0 Å². The van der Waals surface area contributed by atoms with Gasteiger partial charge in [-0.25, -0.2) is 0 Å². The molecule has 0 heterocycles. The molecule has 0 aromatic carbocycles. The van der Waals surface area contributed by atoms with E-state index in [1.165, 1.54) is 174 Å². The van der Waals surface area contributed by atoms with E-state index in [9.17, 15) is 0 Å². The van der Waals surface area contributed by atoms with Gasteiger partial charge in [0, 0.05) is 34.0 Å². The van der Waals surface area contributed by atoms with E-state index in [1.807, 2.05) is 0 Å². The van der Waals surface area contributed by atoms with Gasteiger partial charge in [-0.2, -0.15) is 0 Å². The van der Waals surface area contributed by atoms with Gasteiger partial charge in [0.05, 0.1) is 163 Å². The van der Waals surface area contributed by atoms with Gasteiger partial charge in [0.25, 0.3) is 0 Å². The van der Waals surface area contributed by atoms with Crippen LogP contribution >= 0.6 is 0 Å². The quantitative estimate of drug-likeness (QED) is 0.0498. The molecule has 0 atom stereocenters. The predicted octanol–water partition coefficient (Wildman–Crippen LogP) is 13.2. The molecule has 0 aromatic rings. The standard InChI is InChI=1S/C20H46N2.C19H44N2.C18H42N2/c1-19(2,3)17-21(7,8)15-13-11-12-14-16-22(9,10)18-20(4,5)6;1-18(2)16-20(6,7)14-12-10-11-13-15-21(8,9)17-19(3,4)5;1-17(2)15-19(5,6)13-11-9-10-12-14-20(7,8)16-18(3)4/h11-18H2,1-10H3;18H,10-17H2,1-9H3;17-18H,9-16H2,1-8H3/q3*+2. The summed E-state index contributed by atoms with van der Waals surface area (Å²) in [6.45, 7) is 50.8. The Morgan fingerprint density at radius 2 is 0.381 bits per heavy atom. The Morgan fingerprint density at radius 3 is 0.508 bits per heavy atom. The lowest BCUT2D eigenvalue weighted by Crippen LogP contribution is -2.46. The lowest BCUT2D eigenvalue weighted by Gasteiger charge is -2.36. The fraction of sp³-hybridized carbons (Fsp3) is 1.00. The first-order valence-corrected chi connectivity index (χ1v) is 26.9. The normalized spacial score (nSPS) is 14.0. The lowest BCUT2D eigenvalue weighted by atomic mass is 9.94. The number of rotatable bonds is 30. The Balaban J connectivity index is -0.000000858. The molecule has 0 rings (SSSR count). The molecule has 0 bridgehead atoms. The Hall–Kier alpha value is -0.240. The van der Waals surface area contributed by atoms with Crippen LogP contribution in [0.2, 0.25) is 0 Å². The largest absolute Gasteiger partial charge is 0.328 e. The minimum Gasteiger partial charge on any atom is -0.328 e. The zero-order chi connectivity index (χ0) is 50.2. The lowest BCUT2D eigenvalue weighted by molar-refractivity contribution is -0.897. The number of hydrogen-bond donors (Lipinski definition) is 0. The van der Waals surface area contributed by atoms with Crippen LogP contribution in [0.25, 0.3) is 0 Å². The Labute approximate surface area is 403 Å². The van der Waals surface area contributed by atoms with Crippen LogP contribution in [0, 0.1) is 34.0 Å². The van der Waals surface area contributed by atoms with Crippen molar-refractivity contribution in [3.8, 4) is 0 Å². The molecule has 63 heavy (non-hydrogen) atoms. The second kappa shape index (κ2) is 30.3. The molecule has 0 radical (unpaired) electrons. The molecule has 0 amide bonds. The van der Waals surface area contributed by atoms with E-state index in [-0.39, 0.29) is 0 Å². The maximum absolute atomic E-state index is 2.38. The molecule has 0 unspecified atom stereocenters. The van der Waals surface area contributed by atoms with Crippen molar-refractivity contribution in [3.63, 3.8) is 0 Å². The van der Waals surface area contributed by atoms with Gasteiger partial charge in [-0.1, -0.05) is 104 Å². The fourth-order valence-corrected chi connectivity index (χ4v) is 11.6. The summed E-state index contributed by atoms with van der Waals surface area (Å²) in [6.07, 6.45) is 16.7. The van der Waals surface area contributed by atoms with Crippen LogP contribution in [0.3, 0.4) is 0 Å². The molecular weight excluding hydrogens is 769 g/mol. The van der Waals surface area contributed by atoms with Crippen LogP contribution in [-0.4, -0.2) is 190 Å². The third-order valence-corrected chi connectivity index (χ3v) is 12.1. The Kier molecular flexibility index (Phi) is 32.2. The zero-order valence-corrected chi connectivity index (χ0v) is 49.9. The van der Waals surface area contributed by atoms with Gasteiger partial charge in [-0.15, -0.1) is 0 Å². The molecule has 6 nitrogen and oxygen atoms in total. The van der Waals surface area contributed by atoms with E-state index in [1.54, 1.807) is 0 Å². The first-order chi connectivity index (χ1) is 28.0. The van der Waals surface area contributed by atoms with Crippen molar-refractivity contribution in [2.45, 2.75) is 181 Å². The average molecular weight is 902 g/mol. The second-order valence-electron chi connectivity index (χ2n) is 30.1. The van der Waals surface area contributed by atoms with E-state index >= 15 is 0 Å². The van der Waals surface area contributed by atoms with E-state index < -0.39 is 0 Å². The summed E-state index contributed by atoms with van der Waals surface area (Å²) < 4.78 is 7.05. The molecule has 384 valence electrons. The van der Waals surface area contributed by atoms with Gasteiger partial charge >= 0.3 is 0 Å². The molecular formula is C57H132N6+6. The highest BCUT2D eigenvalue weighted by Crippen LogP contribution is 2.22. The molecule has 0 saturated heterocycles. The van der Waals surface area contributed by atoms with Crippen LogP contribution in [0.4, 0.5) is 0 Å². The van der Waals surface area contributed by atoms with Crippen molar-refractivity contribution >= 4 is 0 Å². The summed E-state index contributed by atoms with van der Waals surface area (Å²) in [5, 5.41) is 0. The van der Waals surface area contributed by atoms with E-state index in [0.717, 1.165) is 26.7 Å². The third kappa shape index (κ3) is 51.0. The first kappa shape index (κ1) is 67.0. The van der Waals surface area contributed by atoms with Crippen LogP contribution in [0.15, 0.2) is 0 Å². The smallest absolute Gasteiger partial charge is 0.0831 e. The predicted molar refractivity (Wildman–Crippen MR) is 289 cm³/mol. The number of unbranched alkanes of at least 4 members (excludes halogenated alkanes) is 9. The van der Waals surface area contributed by atoms with Crippen molar-refractivity contribution in [1.82, 2.24) is 0 Å². The van der Waals surface area contributed by atoms with Crippen LogP contribution < -0.4 is 0 Å². The summed E-state index contributed by atoms with van der Waals surface area (Å²) in [7, 11) is 28.6. The summed E-state index contributed by atoms with van der Waals surface area (Å²) in [5.41, 5.74) is 1.29. The molecule has 0 N–H and O–H groups in total. The molecule has 6 heteroatoms. The fourth-order valence-electron chi connectivity index (χ4n) is 11.6. The molecule has 0 aliphatic heterocycles. The molecule has 0 aliphatic rings. The van der Waals surface area contributed by atoms with Crippen molar-refractivity contribution < 1.29 is 26.9 Å². The topological polar surface area (TPSA) is 0 Å². The van der Waals surface area contributed by atoms with Crippen molar-refractivity contribution in [2.24, 2.45) is 34.0 Å². The highest BCUT2D eigenvalue weighted by molar-refractivity contribution is 4.62. The molecule has 0 saturated carbocycles. The zero-order valence-electron chi connectivity index (χ0n) is 49.9. The molecule has 0 fully saturated rings. The third-order valence-electron chi connectivity index (χ3n) is 12.1. The van der Waals surface area contributed by atoms with Gasteiger partial charge < -0.3 is 26.9 Å². The number of nitrogens with zero attached hydrogens (tertiary/aromatic N) is 6. The van der Waals surface area contributed by atoms with Gasteiger partial charge in [0.2, 0.25) is 0 Å². The molecule has 0 aliphatic carbocycles. The highest BCUT2D eigenvalue weighted by atomic mass is 15.3. The summed E-state index contributed by atoms with van der Waals surface area (Å²) >= 11 is 0. The van der Waals surface area contributed by atoms with Crippen molar-refractivity contribution in [3.05, 3.63) is 0 Å². The summed E-state index contributed by atoms with van der Waals surface area (Å²) in [6, 6.07) is 0. The number of quaternary nitrogens is 6. The first-order valence-electron chi connectivity index (χ1n) is 26.9. The van der Waals surface area contributed by atoms with Crippen molar-refractivity contribution in [1.29, 1.82) is 0 Å². The molecule has 0 aromatic heterocycles. The van der Waals surface area contributed by atoms with Gasteiger partial charge in [-0.3, -0.25) is 0 Å². The second-order valence-corrected chi connectivity index (χ2v) is 30.1. The monoisotopic (exact) mass is 901 g/mol. The highest BCUT2D eigenvalue weighted by Gasteiger charge is 2.27. The van der Waals surface area contributed by atoms with E-state index in [0.29, 0.717) is 16.2 Å². The number of hydrogen-bond acceptors (Lipinski definition) is 0. The van der Waals surface area contributed by atoms with Gasteiger partial charge in [-0.05, 0) is 77.0 Å². The van der Waals surface area contributed by atoms with E-state index in [4.69, 9.17) is 0 Å². The summed E-state index contributed by atoms with van der Waals surface area (Å²) in [4.78, 5) is 0. The van der Waals surface area contributed by atoms with Crippen LogP contribution in [0.5, 0.6) is 0 Å². The Morgan fingerprint density at radius 1 is 0.238 bits per heavy atom. The van der Waals surface area contributed by atoms with Crippen molar-refractivity contribution in [2.75, 3.05) is 163 Å². The Bertz CT molecular complexity index is 1030. The molecule has 0 spiro atoms. The maximum atomic E-state index is 2.38. The van der Waals surface area contributed by atoms with Crippen LogP contribution in [0.1, 0.15) is 181 Å². The average Bonchev–Trinajstić information content (AvgIpc) is 2.97. The SMILES string of the molecule is CC(C)(C)C[N+](C)(C)CCCCCC[N+](C)(C)CC(C)(C)C.CC(C)C[N+](C)(C)CCCCCC[N+](C)(C)CC(C)(C)C.CC(C)C[N+](C)(C)CCCCCC[N+](C)(C)CC(C)C. The minimum absolute atomic E-state index is 0.429. The van der Waals surface area contributed by atoms with E-state index in [2.05, 4.69) is 188 Å².